The van der Waals surface area contributed by atoms with E-state index in [2.05, 4.69) is 0 Å². The lowest BCUT2D eigenvalue weighted by Crippen LogP contribution is -2.23. The van der Waals surface area contributed by atoms with Gasteiger partial charge >= 0.3 is 0 Å². The summed E-state index contributed by atoms with van der Waals surface area (Å²) in [6, 6.07) is 18.1. The van der Waals surface area contributed by atoms with Crippen molar-refractivity contribution in [2.45, 2.75) is 6.92 Å². The topological polar surface area (TPSA) is 75.5 Å². The number of hydrogen-bond donors (Lipinski definition) is 0. The second-order valence-electron chi connectivity index (χ2n) is 7.91. The predicted molar refractivity (Wildman–Crippen MR) is 137 cm³/mol. The Morgan fingerprint density at radius 3 is 2.20 bits per heavy atom. The van der Waals surface area contributed by atoms with Crippen LogP contribution in [0.3, 0.4) is 0 Å². The van der Waals surface area contributed by atoms with Crippen molar-refractivity contribution in [1.82, 2.24) is 14.5 Å². The van der Waals surface area contributed by atoms with Crippen molar-refractivity contribution in [2.24, 2.45) is 0 Å². The molecule has 8 heteroatoms. The summed E-state index contributed by atoms with van der Waals surface area (Å²) in [7, 11) is 4.71. The van der Waals surface area contributed by atoms with Gasteiger partial charge < -0.3 is 14.2 Å². The summed E-state index contributed by atoms with van der Waals surface area (Å²) in [5, 5.41) is 1.69. The molecule has 5 rings (SSSR count). The van der Waals surface area contributed by atoms with E-state index >= 15 is 0 Å². The number of benzene rings is 3. The summed E-state index contributed by atoms with van der Waals surface area (Å²) in [6.45, 7) is 1.78. The smallest absolute Gasteiger partial charge is 0.266 e. The fraction of sp³-hybridized carbons (Fsp3) is 0.148. The lowest BCUT2D eigenvalue weighted by molar-refractivity contribution is 0.393. The third kappa shape index (κ3) is 3.84. The standard InChI is InChI=1S/C27H22ClN3O4/c1-15-29-26-24(27(32)31(15)22-12-10-19(34-3)14-23(22)35-4)20-13-18(33-2)9-11-21(20)30-25(26)16-5-7-17(28)8-6-16/h5-14H,1-4H3. The van der Waals surface area contributed by atoms with Crippen molar-refractivity contribution in [3.8, 4) is 34.2 Å². The number of aromatic nitrogens is 3. The van der Waals surface area contributed by atoms with Crippen molar-refractivity contribution < 1.29 is 14.2 Å². The Labute approximate surface area is 206 Å². The molecule has 0 N–H and O–H groups in total. The van der Waals surface area contributed by atoms with Crippen LogP contribution in [-0.2, 0) is 0 Å². The molecule has 35 heavy (non-hydrogen) atoms. The van der Waals surface area contributed by atoms with E-state index in [4.69, 9.17) is 35.8 Å². The molecule has 0 saturated heterocycles. The summed E-state index contributed by atoms with van der Waals surface area (Å²) < 4.78 is 17.9. The summed E-state index contributed by atoms with van der Waals surface area (Å²) in [5.41, 5.74) is 2.88. The van der Waals surface area contributed by atoms with Crippen LogP contribution in [0.5, 0.6) is 17.2 Å². The monoisotopic (exact) mass is 487 g/mol. The number of halogens is 1. The van der Waals surface area contributed by atoms with Gasteiger partial charge in [-0.25, -0.2) is 9.97 Å². The highest BCUT2D eigenvalue weighted by Crippen LogP contribution is 2.34. The molecule has 0 unspecified atom stereocenters. The van der Waals surface area contributed by atoms with Crippen molar-refractivity contribution in [3.05, 3.63) is 81.9 Å². The highest BCUT2D eigenvalue weighted by atomic mass is 35.5. The largest absolute Gasteiger partial charge is 0.497 e. The maximum absolute atomic E-state index is 14.2. The second-order valence-corrected chi connectivity index (χ2v) is 8.35. The fourth-order valence-electron chi connectivity index (χ4n) is 4.22. The van der Waals surface area contributed by atoms with Crippen molar-refractivity contribution in [3.63, 3.8) is 0 Å². The molecule has 0 aliphatic rings. The molecule has 0 spiro atoms. The number of nitrogens with zero attached hydrogens (tertiary/aromatic N) is 3. The molecule has 0 fully saturated rings. The number of ether oxygens (including phenoxy) is 3. The normalized spacial score (nSPS) is 11.1. The van der Waals surface area contributed by atoms with E-state index in [0.29, 0.717) is 61.3 Å². The molecule has 2 heterocycles. The highest BCUT2D eigenvalue weighted by molar-refractivity contribution is 6.30. The molecule has 3 aromatic carbocycles. The zero-order valence-corrected chi connectivity index (χ0v) is 20.4. The minimum absolute atomic E-state index is 0.244. The first-order chi connectivity index (χ1) is 16.9. The van der Waals surface area contributed by atoms with Gasteiger partial charge in [-0.15, -0.1) is 0 Å². The minimum Gasteiger partial charge on any atom is -0.497 e. The molecule has 0 radical (unpaired) electrons. The van der Waals surface area contributed by atoms with Crippen LogP contribution in [0, 0.1) is 6.92 Å². The molecular formula is C27H22ClN3O4. The Morgan fingerprint density at radius 2 is 1.51 bits per heavy atom. The third-order valence-corrected chi connectivity index (χ3v) is 6.18. The van der Waals surface area contributed by atoms with Crippen LogP contribution < -0.4 is 19.8 Å². The van der Waals surface area contributed by atoms with Crippen LogP contribution in [0.4, 0.5) is 0 Å². The molecule has 0 amide bonds. The lowest BCUT2D eigenvalue weighted by atomic mass is 10.0. The quantitative estimate of drug-likeness (QED) is 0.301. The molecular weight excluding hydrogens is 466 g/mol. The molecule has 0 bridgehead atoms. The van der Waals surface area contributed by atoms with E-state index in [-0.39, 0.29) is 5.56 Å². The molecule has 0 atom stereocenters. The van der Waals surface area contributed by atoms with Gasteiger partial charge in [-0.1, -0.05) is 23.7 Å². The summed E-state index contributed by atoms with van der Waals surface area (Å²) in [5.74, 6) is 2.22. The van der Waals surface area contributed by atoms with E-state index in [1.807, 2.05) is 30.3 Å². The van der Waals surface area contributed by atoms with E-state index in [9.17, 15) is 4.79 Å². The first-order valence-corrected chi connectivity index (χ1v) is 11.2. The van der Waals surface area contributed by atoms with Crippen molar-refractivity contribution >= 4 is 33.4 Å². The summed E-state index contributed by atoms with van der Waals surface area (Å²) in [4.78, 5) is 23.9. The summed E-state index contributed by atoms with van der Waals surface area (Å²) in [6.07, 6.45) is 0. The maximum Gasteiger partial charge on any atom is 0.266 e. The molecule has 0 aliphatic heterocycles. The van der Waals surface area contributed by atoms with Crippen LogP contribution in [0.1, 0.15) is 5.82 Å². The summed E-state index contributed by atoms with van der Waals surface area (Å²) >= 11 is 6.11. The van der Waals surface area contributed by atoms with Gasteiger partial charge in [0, 0.05) is 22.0 Å². The molecule has 0 saturated carbocycles. The number of methoxy groups -OCH3 is 3. The van der Waals surface area contributed by atoms with Crippen LogP contribution in [0.15, 0.2) is 65.5 Å². The van der Waals surface area contributed by atoms with Crippen LogP contribution in [0.25, 0.3) is 38.8 Å². The van der Waals surface area contributed by atoms with E-state index in [1.165, 1.54) is 0 Å². The average Bonchev–Trinajstić information content (AvgIpc) is 2.88. The lowest BCUT2D eigenvalue weighted by Gasteiger charge is -2.17. The van der Waals surface area contributed by atoms with Crippen LogP contribution >= 0.6 is 11.6 Å². The van der Waals surface area contributed by atoms with E-state index < -0.39 is 0 Å². The predicted octanol–water partition coefficient (Wildman–Crippen LogP) is 5.59. The number of pyridine rings is 1. The first-order valence-electron chi connectivity index (χ1n) is 10.8. The Kier molecular flexibility index (Phi) is 5.78. The van der Waals surface area contributed by atoms with Crippen molar-refractivity contribution in [1.29, 1.82) is 0 Å². The molecule has 7 nitrogen and oxygen atoms in total. The molecule has 0 aliphatic carbocycles. The van der Waals surface area contributed by atoms with Crippen molar-refractivity contribution in [2.75, 3.05) is 21.3 Å². The van der Waals surface area contributed by atoms with Gasteiger partial charge in [0.2, 0.25) is 0 Å². The van der Waals surface area contributed by atoms with Gasteiger partial charge in [-0.05, 0) is 49.4 Å². The van der Waals surface area contributed by atoms with Gasteiger partial charge in [-0.2, -0.15) is 0 Å². The molecule has 176 valence electrons. The number of rotatable bonds is 5. The Balaban J connectivity index is 1.93. The second kappa shape index (κ2) is 8.92. The Morgan fingerprint density at radius 1 is 0.829 bits per heavy atom. The van der Waals surface area contributed by atoms with Gasteiger partial charge in [0.05, 0.1) is 43.6 Å². The average molecular weight is 488 g/mol. The van der Waals surface area contributed by atoms with Gasteiger partial charge in [0.25, 0.3) is 5.56 Å². The zero-order chi connectivity index (χ0) is 24.7. The molecule has 2 aromatic heterocycles. The SMILES string of the molecule is COc1ccc(-n2c(C)nc3c(-c4ccc(Cl)cc4)nc4ccc(OC)cc4c3c2=O)c(OC)c1. The van der Waals surface area contributed by atoms with Gasteiger partial charge in [-0.3, -0.25) is 9.36 Å². The number of hydrogen-bond acceptors (Lipinski definition) is 6. The fourth-order valence-corrected chi connectivity index (χ4v) is 4.34. The van der Waals surface area contributed by atoms with E-state index in [1.54, 1.807) is 63.2 Å². The number of fused-ring (bicyclic) bond motifs is 3. The van der Waals surface area contributed by atoms with Gasteiger partial charge in [0.1, 0.15) is 28.6 Å². The van der Waals surface area contributed by atoms with Gasteiger partial charge in [0.15, 0.2) is 0 Å². The zero-order valence-electron chi connectivity index (χ0n) is 19.6. The Hall–Kier alpha value is -4.10. The third-order valence-electron chi connectivity index (χ3n) is 5.93. The van der Waals surface area contributed by atoms with Crippen LogP contribution in [-0.4, -0.2) is 35.9 Å². The number of aryl methyl sites for hydroxylation is 1. The van der Waals surface area contributed by atoms with E-state index in [0.717, 1.165) is 5.56 Å². The highest BCUT2D eigenvalue weighted by Gasteiger charge is 2.20. The Bertz CT molecular complexity index is 1650. The minimum atomic E-state index is -0.244. The molecule has 5 aromatic rings. The van der Waals surface area contributed by atoms with Crippen LogP contribution in [0.2, 0.25) is 5.02 Å². The maximum atomic E-state index is 14.2. The first kappa shape index (κ1) is 22.7.